The molecule has 0 aromatic heterocycles. The third-order valence-electron chi connectivity index (χ3n) is 5.32. The van der Waals surface area contributed by atoms with E-state index in [1.54, 1.807) is 18.2 Å². The van der Waals surface area contributed by atoms with Crippen LogP contribution in [-0.4, -0.2) is 32.6 Å². The van der Waals surface area contributed by atoms with E-state index in [1.807, 2.05) is 0 Å². The molecule has 0 radical (unpaired) electrons. The summed E-state index contributed by atoms with van der Waals surface area (Å²) in [5.74, 6) is -0.568. The van der Waals surface area contributed by atoms with Gasteiger partial charge in [-0.3, -0.25) is 9.59 Å². The van der Waals surface area contributed by atoms with Crippen molar-refractivity contribution in [1.82, 2.24) is 0 Å². The summed E-state index contributed by atoms with van der Waals surface area (Å²) in [6.45, 7) is 2.51. The normalized spacial score (nSPS) is 14.4. The highest BCUT2D eigenvalue weighted by Gasteiger charge is 2.40. The molecule has 1 aromatic rings. The fraction of sp³-hybridized carbons (Fsp3) is 0.636. The summed E-state index contributed by atoms with van der Waals surface area (Å²) in [5.41, 5.74) is 0.335. The quantitative estimate of drug-likeness (QED) is 0.163. The van der Waals surface area contributed by atoms with Gasteiger partial charge in [-0.25, -0.2) is 0 Å². The molecule has 0 amide bonds. The molecule has 1 aliphatic rings. The van der Waals surface area contributed by atoms with Crippen LogP contribution >= 0.6 is 9.12 Å². The predicted octanol–water partition coefficient (Wildman–Crippen LogP) is 5.02. The van der Waals surface area contributed by atoms with Crippen LogP contribution in [0.3, 0.4) is 0 Å². The second-order valence-corrected chi connectivity index (χ2v) is 7.15. The maximum atomic E-state index is 13.4. The molecule has 2 unspecified atom stereocenters. The molecule has 29 heavy (non-hydrogen) atoms. The number of Topliss-reactive ketones (excluding diaryl/α,β-unsaturated/α-hetero) is 1. The third kappa shape index (κ3) is 7.11. The summed E-state index contributed by atoms with van der Waals surface area (Å²) in [6, 6.07) is 5.21. The molecule has 2 rings (SSSR count). The highest BCUT2D eigenvalue weighted by Crippen LogP contribution is 2.38. The first-order chi connectivity index (χ1) is 14.1. The van der Waals surface area contributed by atoms with Gasteiger partial charge in [0.05, 0.1) is 20.8 Å². The van der Waals surface area contributed by atoms with Crippen LogP contribution in [-0.2, 0) is 14.1 Å². The lowest BCUT2D eigenvalue weighted by Gasteiger charge is -2.22. The van der Waals surface area contributed by atoms with Crippen LogP contribution in [0.1, 0.15) is 68.6 Å². The van der Waals surface area contributed by atoms with E-state index in [9.17, 15) is 9.59 Å². The average molecular weight is 425 g/mol. The Labute approximate surface area is 175 Å². The van der Waals surface area contributed by atoms with Crippen molar-refractivity contribution < 1.29 is 28.4 Å². The zero-order chi connectivity index (χ0) is 21.6. The largest absolute Gasteiger partial charge is 0.496 e. The van der Waals surface area contributed by atoms with Gasteiger partial charge in [0.2, 0.25) is 0 Å². The lowest BCUT2D eigenvalue weighted by Crippen LogP contribution is -2.33. The first-order valence-corrected chi connectivity index (χ1v) is 10.8. The Morgan fingerprint density at radius 3 is 2.14 bits per heavy atom. The van der Waals surface area contributed by atoms with Gasteiger partial charge in [0, 0.05) is 0 Å². The Morgan fingerprint density at radius 1 is 1.03 bits per heavy atom. The van der Waals surface area contributed by atoms with Gasteiger partial charge >= 0.3 is 15.1 Å². The van der Waals surface area contributed by atoms with Crippen molar-refractivity contribution in [2.45, 2.75) is 58.3 Å². The smallest absolute Gasteiger partial charge is 0.317 e. The fourth-order valence-corrected chi connectivity index (χ4v) is 3.85. The standard InChI is InChI=1S/C22H32O5.H2OP/c1-4-5-6-9-15-27-22(24)19(16-11-7-8-12-16)21(23)20-17(25-2)13-10-14-18(20)26-3;1-2/h10,13-14,16,19H,4-9,11-12,15H2,1-3H3;2H2/q;+1. The Hall–Kier alpha value is -1.94. The molecule has 1 aliphatic carbocycles. The zero-order valence-corrected chi connectivity index (χ0v) is 18.9. The molecule has 0 heterocycles. The fourth-order valence-electron chi connectivity index (χ4n) is 3.85. The number of hydrogen-bond donors (Lipinski definition) is 0. The lowest BCUT2D eigenvalue weighted by molar-refractivity contribution is -0.148. The number of ether oxygens (including phenoxy) is 3. The molecule has 0 N–H and O–H groups in total. The molecule has 162 valence electrons. The summed E-state index contributed by atoms with van der Waals surface area (Å²) in [4.78, 5) is 26.3. The van der Waals surface area contributed by atoms with Gasteiger partial charge in [-0.05, 0) is 37.3 Å². The summed E-state index contributed by atoms with van der Waals surface area (Å²) >= 11 is 0. The van der Waals surface area contributed by atoms with Gasteiger partial charge < -0.3 is 14.2 Å². The van der Waals surface area contributed by atoms with E-state index in [2.05, 4.69) is 6.92 Å². The van der Waals surface area contributed by atoms with Crippen LogP contribution in [0.25, 0.3) is 0 Å². The summed E-state index contributed by atoms with van der Waals surface area (Å²) in [6.07, 6.45) is 7.96. The first kappa shape index (κ1) is 25.1. The van der Waals surface area contributed by atoms with Crippen molar-refractivity contribution in [2.24, 2.45) is 11.8 Å². The summed E-state index contributed by atoms with van der Waals surface area (Å²) in [7, 11) is 4.20. The second kappa shape index (κ2) is 14.1. The first-order valence-electron chi connectivity index (χ1n) is 10.3. The molecule has 1 saturated carbocycles. The van der Waals surface area contributed by atoms with Gasteiger partial charge in [0.25, 0.3) is 0 Å². The van der Waals surface area contributed by atoms with Crippen LogP contribution < -0.4 is 9.47 Å². The van der Waals surface area contributed by atoms with Gasteiger partial charge in [0.15, 0.2) is 5.78 Å². The van der Waals surface area contributed by atoms with Crippen LogP contribution in [0.4, 0.5) is 0 Å². The topological polar surface area (TPSA) is 78.9 Å². The van der Waals surface area contributed by atoms with E-state index in [0.717, 1.165) is 51.4 Å². The Balaban J connectivity index is 0.00000204. The Morgan fingerprint density at radius 2 is 1.62 bits per heavy atom. The second-order valence-electron chi connectivity index (χ2n) is 7.15. The molecular weight excluding hydrogens is 391 g/mol. The average Bonchev–Trinajstić information content (AvgIpc) is 3.28. The minimum Gasteiger partial charge on any atom is -0.496 e. The van der Waals surface area contributed by atoms with Crippen molar-refractivity contribution in [1.29, 1.82) is 0 Å². The summed E-state index contributed by atoms with van der Waals surface area (Å²) < 4.78 is 24.4. The number of unbranched alkanes of at least 4 members (excludes halogenated alkanes) is 3. The van der Waals surface area contributed by atoms with Gasteiger partial charge in [-0.2, -0.15) is 0 Å². The molecule has 6 nitrogen and oxygen atoms in total. The van der Waals surface area contributed by atoms with Gasteiger partial charge in [-0.1, -0.05) is 49.7 Å². The van der Waals surface area contributed by atoms with Gasteiger partial charge in [0.1, 0.15) is 23.0 Å². The van der Waals surface area contributed by atoms with Crippen LogP contribution in [0.15, 0.2) is 18.2 Å². The van der Waals surface area contributed by atoms with Crippen molar-refractivity contribution in [3.8, 4) is 11.5 Å². The van der Waals surface area contributed by atoms with E-state index in [-0.39, 0.29) is 11.7 Å². The van der Waals surface area contributed by atoms with Crippen LogP contribution in [0.2, 0.25) is 0 Å². The minimum atomic E-state index is -0.788. The number of rotatable bonds is 11. The molecule has 1 aromatic carbocycles. The van der Waals surface area contributed by atoms with Crippen LogP contribution in [0.5, 0.6) is 11.5 Å². The molecule has 2 atom stereocenters. The molecule has 0 saturated heterocycles. The highest BCUT2D eigenvalue weighted by molar-refractivity contribution is 7.00. The number of esters is 1. The zero-order valence-electron chi connectivity index (χ0n) is 17.8. The number of ketones is 1. The van der Waals surface area contributed by atoms with E-state index in [1.165, 1.54) is 23.3 Å². The number of benzene rings is 1. The van der Waals surface area contributed by atoms with E-state index in [0.29, 0.717) is 23.7 Å². The van der Waals surface area contributed by atoms with E-state index in [4.69, 9.17) is 18.8 Å². The number of methoxy groups -OCH3 is 2. The monoisotopic (exact) mass is 425 g/mol. The number of hydrogen-bond acceptors (Lipinski definition) is 6. The predicted molar refractivity (Wildman–Crippen MR) is 115 cm³/mol. The van der Waals surface area contributed by atoms with Crippen LogP contribution in [0, 0.1) is 11.8 Å². The molecule has 0 aliphatic heterocycles. The van der Waals surface area contributed by atoms with Gasteiger partial charge in [-0.15, -0.1) is 0 Å². The SMILES string of the molecule is CCCCCCOC(=O)C(C(=O)c1c(OC)cccc1OC)C1CCCC1.O=[PH2+]. The molecule has 0 bridgehead atoms. The number of carbonyl (C=O) groups excluding carboxylic acids is 2. The van der Waals surface area contributed by atoms with Crippen molar-refractivity contribution in [3.63, 3.8) is 0 Å². The van der Waals surface area contributed by atoms with Crippen molar-refractivity contribution >= 4 is 20.9 Å². The third-order valence-corrected chi connectivity index (χ3v) is 5.32. The van der Waals surface area contributed by atoms with E-state index < -0.39 is 11.9 Å². The van der Waals surface area contributed by atoms with E-state index >= 15 is 0 Å². The highest BCUT2D eigenvalue weighted by atomic mass is 31.0. The summed E-state index contributed by atoms with van der Waals surface area (Å²) in [5, 5.41) is 0. The maximum Gasteiger partial charge on any atom is 0.317 e. The maximum absolute atomic E-state index is 13.4. The van der Waals surface area contributed by atoms with Crippen molar-refractivity contribution in [3.05, 3.63) is 23.8 Å². The Bertz CT molecular complexity index is 620. The number of carbonyl (C=O) groups is 2. The molecular formula is C22H34O6P+. The van der Waals surface area contributed by atoms with Crippen molar-refractivity contribution in [2.75, 3.05) is 20.8 Å². The molecule has 1 fully saturated rings. The molecule has 0 spiro atoms. The molecule has 7 heteroatoms. The minimum absolute atomic E-state index is 0.0234. The lowest BCUT2D eigenvalue weighted by atomic mass is 9.84. The Kier molecular flexibility index (Phi) is 12.2.